The molecule has 0 saturated heterocycles. The third-order valence-electron chi connectivity index (χ3n) is 3.33. The second-order valence-electron chi connectivity index (χ2n) is 5.07. The van der Waals surface area contributed by atoms with Crippen molar-refractivity contribution in [3.63, 3.8) is 0 Å². The summed E-state index contributed by atoms with van der Waals surface area (Å²) in [6.45, 7) is 2.36. The summed E-state index contributed by atoms with van der Waals surface area (Å²) in [6.07, 6.45) is 2.06. The van der Waals surface area contributed by atoms with Crippen LogP contribution in [0.25, 0.3) is 10.9 Å². The number of aryl methyl sites for hydroxylation is 2. The van der Waals surface area contributed by atoms with E-state index in [4.69, 9.17) is 4.74 Å². The molecule has 5 heteroatoms. The van der Waals surface area contributed by atoms with Crippen molar-refractivity contribution >= 4 is 22.4 Å². The maximum absolute atomic E-state index is 5.09. The minimum Gasteiger partial charge on any atom is -0.377 e. The lowest BCUT2D eigenvalue weighted by Gasteiger charge is -2.09. The average Bonchev–Trinajstić information content (AvgIpc) is 2.80. The Morgan fingerprint density at radius 1 is 1.19 bits per heavy atom. The lowest BCUT2D eigenvalue weighted by Crippen LogP contribution is -2.03. The van der Waals surface area contributed by atoms with Crippen molar-refractivity contribution in [1.82, 2.24) is 14.5 Å². The molecule has 3 aromatic rings. The Morgan fingerprint density at radius 2 is 2.05 bits per heavy atom. The van der Waals surface area contributed by atoms with Gasteiger partial charge in [-0.3, -0.25) is 0 Å². The zero-order valence-corrected chi connectivity index (χ0v) is 12.4. The zero-order chi connectivity index (χ0) is 14.8. The molecule has 0 aliphatic heterocycles. The van der Waals surface area contributed by atoms with Crippen LogP contribution in [0.5, 0.6) is 0 Å². The van der Waals surface area contributed by atoms with E-state index in [-0.39, 0.29) is 0 Å². The number of hydrogen-bond donors (Lipinski definition) is 1. The standard InChI is InChI=1S/C16H18N4O/c1-11-8-15(19-16(17-11)10-21-3)18-13-5-4-12-6-7-20(2)14(12)9-13/h4-9H,10H2,1-3H3,(H,17,18,19). The highest BCUT2D eigenvalue weighted by molar-refractivity contribution is 5.84. The van der Waals surface area contributed by atoms with Crippen LogP contribution in [0.4, 0.5) is 11.5 Å². The van der Waals surface area contributed by atoms with Crippen molar-refractivity contribution in [1.29, 1.82) is 0 Å². The first-order valence-electron chi connectivity index (χ1n) is 6.81. The van der Waals surface area contributed by atoms with Gasteiger partial charge < -0.3 is 14.6 Å². The second-order valence-corrected chi connectivity index (χ2v) is 5.07. The van der Waals surface area contributed by atoms with Crippen LogP contribution in [0.2, 0.25) is 0 Å². The summed E-state index contributed by atoms with van der Waals surface area (Å²) in [5.41, 5.74) is 3.10. The fourth-order valence-corrected chi connectivity index (χ4v) is 2.38. The molecule has 0 aliphatic carbocycles. The molecule has 2 aromatic heterocycles. The fraction of sp³-hybridized carbons (Fsp3) is 0.250. The lowest BCUT2D eigenvalue weighted by atomic mass is 10.2. The summed E-state index contributed by atoms with van der Waals surface area (Å²) in [6, 6.07) is 10.3. The van der Waals surface area contributed by atoms with Crippen LogP contribution in [0, 0.1) is 6.92 Å². The molecule has 0 fully saturated rings. The first-order valence-corrected chi connectivity index (χ1v) is 6.81. The van der Waals surface area contributed by atoms with Crippen LogP contribution in [-0.2, 0) is 18.4 Å². The van der Waals surface area contributed by atoms with Gasteiger partial charge in [-0.2, -0.15) is 0 Å². The Labute approximate surface area is 123 Å². The van der Waals surface area contributed by atoms with E-state index in [2.05, 4.69) is 50.3 Å². The van der Waals surface area contributed by atoms with Crippen molar-refractivity contribution in [2.75, 3.05) is 12.4 Å². The highest BCUT2D eigenvalue weighted by atomic mass is 16.5. The van der Waals surface area contributed by atoms with Gasteiger partial charge in [-0.25, -0.2) is 9.97 Å². The normalized spacial score (nSPS) is 11.0. The van der Waals surface area contributed by atoms with E-state index in [9.17, 15) is 0 Å². The van der Waals surface area contributed by atoms with Gasteiger partial charge in [0.05, 0.1) is 0 Å². The van der Waals surface area contributed by atoms with E-state index in [1.165, 1.54) is 10.9 Å². The minimum absolute atomic E-state index is 0.410. The van der Waals surface area contributed by atoms with Gasteiger partial charge >= 0.3 is 0 Å². The number of nitrogens with one attached hydrogen (secondary N) is 1. The third-order valence-corrected chi connectivity index (χ3v) is 3.33. The van der Waals surface area contributed by atoms with Gasteiger partial charge in [0.25, 0.3) is 0 Å². The first-order chi connectivity index (χ1) is 10.2. The molecule has 0 aliphatic rings. The van der Waals surface area contributed by atoms with E-state index in [1.807, 2.05) is 20.0 Å². The SMILES string of the molecule is COCc1nc(C)cc(Nc2ccc3ccn(C)c3c2)n1. The molecule has 0 bridgehead atoms. The van der Waals surface area contributed by atoms with E-state index >= 15 is 0 Å². The average molecular weight is 282 g/mol. The Hall–Kier alpha value is -2.40. The molecule has 0 unspecified atom stereocenters. The molecule has 1 N–H and O–H groups in total. The summed E-state index contributed by atoms with van der Waals surface area (Å²) in [5.74, 6) is 1.46. The maximum atomic E-state index is 5.09. The molecule has 2 heterocycles. The van der Waals surface area contributed by atoms with E-state index in [0.29, 0.717) is 12.4 Å². The Morgan fingerprint density at radius 3 is 2.86 bits per heavy atom. The van der Waals surface area contributed by atoms with Crippen molar-refractivity contribution in [2.45, 2.75) is 13.5 Å². The topological polar surface area (TPSA) is 52.0 Å². The van der Waals surface area contributed by atoms with Crippen molar-refractivity contribution in [2.24, 2.45) is 7.05 Å². The van der Waals surface area contributed by atoms with Crippen LogP contribution < -0.4 is 5.32 Å². The first kappa shape index (κ1) is 13.6. The van der Waals surface area contributed by atoms with E-state index < -0.39 is 0 Å². The molecule has 1 aromatic carbocycles. The number of aromatic nitrogens is 3. The quantitative estimate of drug-likeness (QED) is 0.798. The third kappa shape index (κ3) is 2.87. The van der Waals surface area contributed by atoms with E-state index in [1.54, 1.807) is 7.11 Å². The van der Waals surface area contributed by atoms with Gasteiger partial charge in [0, 0.05) is 43.3 Å². The van der Waals surface area contributed by atoms with Crippen LogP contribution in [-0.4, -0.2) is 21.6 Å². The van der Waals surface area contributed by atoms with Gasteiger partial charge in [0.2, 0.25) is 0 Å². The monoisotopic (exact) mass is 282 g/mol. The zero-order valence-electron chi connectivity index (χ0n) is 12.4. The molecular weight excluding hydrogens is 264 g/mol. The lowest BCUT2D eigenvalue weighted by molar-refractivity contribution is 0.177. The number of fused-ring (bicyclic) bond motifs is 1. The Bertz CT molecular complexity index is 779. The molecule has 0 saturated carbocycles. The van der Waals surface area contributed by atoms with Crippen molar-refractivity contribution < 1.29 is 4.74 Å². The van der Waals surface area contributed by atoms with Crippen LogP contribution >= 0.6 is 0 Å². The number of nitrogens with zero attached hydrogens (tertiary/aromatic N) is 3. The number of benzene rings is 1. The largest absolute Gasteiger partial charge is 0.377 e. The molecule has 21 heavy (non-hydrogen) atoms. The van der Waals surface area contributed by atoms with Crippen molar-refractivity contribution in [3.05, 3.63) is 48.0 Å². The highest BCUT2D eigenvalue weighted by Crippen LogP contribution is 2.22. The minimum atomic E-state index is 0.410. The maximum Gasteiger partial charge on any atom is 0.156 e. The molecule has 0 spiro atoms. The summed E-state index contributed by atoms with van der Waals surface area (Å²) < 4.78 is 7.19. The van der Waals surface area contributed by atoms with Crippen LogP contribution in [0.15, 0.2) is 36.5 Å². The number of rotatable bonds is 4. The van der Waals surface area contributed by atoms with Crippen LogP contribution in [0.1, 0.15) is 11.5 Å². The molecular formula is C16H18N4O. The predicted molar refractivity (Wildman–Crippen MR) is 83.7 cm³/mol. The fourth-order valence-electron chi connectivity index (χ4n) is 2.38. The molecule has 0 radical (unpaired) electrons. The van der Waals surface area contributed by atoms with Gasteiger partial charge in [-0.1, -0.05) is 6.07 Å². The van der Waals surface area contributed by atoms with Gasteiger partial charge in [0.1, 0.15) is 12.4 Å². The highest BCUT2D eigenvalue weighted by Gasteiger charge is 2.04. The second kappa shape index (κ2) is 5.54. The molecule has 5 nitrogen and oxygen atoms in total. The predicted octanol–water partition coefficient (Wildman–Crippen LogP) is 3.17. The van der Waals surface area contributed by atoms with Crippen molar-refractivity contribution in [3.8, 4) is 0 Å². The molecule has 3 rings (SSSR count). The summed E-state index contributed by atoms with van der Waals surface area (Å²) in [7, 11) is 3.68. The number of hydrogen-bond acceptors (Lipinski definition) is 4. The Balaban J connectivity index is 1.92. The molecule has 108 valence electrons. The number of ether oxygens (including phenoxy) is 1. The summed E-state index contributed by atoms with van der Waals surface area (Å²) in [4.78, 5) is 8.80. The summed E-state index contributed by atoms with van der Waals surface area (Å²) in [5, 5.41) is 4.56. The molecule has 0 atom stereocenters. The number of anilines is 2. The van der Waals surface area contributed by atoms with Gasteiger partial charge in [0.15, 0.2) is 5.82 Å². The van der Waals surface area contributed by atoms with E-state index in [0.717, 1.165) is 17.2 Å². The molecule has 0 amide bonds. The summed E-state index contributed by atoms with van der Waals surface area (Å²) >= 11 is 0. The van der Waals surface area contributed by atoms with Crippen LogP contribution in [0.3, 0.4) is 0 Å². The Kier molecular flexibility index (Phi) is 3.58. The van der Waals surface area contributed by atoms with Gasteiger partial charge in [-0.05, 0) is 30.5 Å². The number of methoxy groups -OCH3 is 1. The van der Waals surface area contributed by atoms with Gasteiger partial charge in [-0.15, -0.1) is 0 Å². The smallest absolute Gasteiger partial charge is 0.156 e.